The van der Waals surface area contributed by atoms with Crippen LogP contribution in [0.2, 0.25) is 0 Å². The maximum atomic E-state index is 12.5. The molecule has 0 saturated carbocycles. The van der Waals surface area contributed by atoms with Crippen molar-refractivity contribution in [1.29, 1.82) is 0 Å². The molecule has 0 fully saturated rings. The first-order chi connectivity index (χ1) is 9.79. The van der Waals surface area contributed by atoms with Crippen LogP contribution in [-0.4, -0.2) is 24.5 Å². The number of pyridine rings is 1. The maximum Gasteiger partial charge on any atom is 0.337 e. The highest BCUT2D eigenvalue weighted by atomic mass is 79.9. The van der Waals surface area contributed by atoms with Crippen molar-refractivity contribution < 1.29 is 18.3 Å². The van der Waals surface area contributed by atoms with Crippen LogP contribution >= 0.6 is 15.9 Å². The molecule has 1 aromatic heterocycles. The van der Waals surface area contributed by atoms with Crippen LogP contribution in [0.15, 0.2) is 45.8 Å². The minimum absolute atomic E-state index is 0.215. The number of rotatable bonds is 4. The molecule has 0 amide bonds. The number of nitrogens with zero attached hydrogens (tertiary/aromatic N) is 1. The number of benzene rings is 1. The van der Waals surface area contributed by atoms with Gasteiger partial charge in [0.25, 0.3) is 0 Å². The Morgan fingerprint density at radius 2 is 2.00 bits per heavy atom. The molecule has 0 spiro atoms. The average molecular weight is 370 g/mol. The number of hydrogen-bond donors (Lipinski definition) is 1. The van der Waals surface area contributed by atoms with Gasteiger partial charge in [-0.25, -0.2) is 13.2 Å². The first-order valence-electron chi connectivity index (χ1n) is 5.98. The zero-order chi connectivity index (χ0) is 15.6. The van der Waals surface area contributed by atoms with Gasteiger partial charge in [0, 0.05) is 10.2 Å². The molecule has 0 saturated heterocycles. The molecule has 0 radical (unpaired) electrons. The standard InChI is InChI=1S/C14H12BrNO4S/c1-9-3-2-4-11(16-9)8-21(19,20)13-7-10(15)5-6-12(13)14(17)18/h2-7H,8H2,1H3,(H,17,18). The highest BCUT2D eigenvalue weighted by molar-refractivity contribution is 9.10. The van der Waals surface area contributed by atoms with Gasteiger partial charge >= 0.3 is 5.97 Å². The minimum atomic E-state index is -3.80. The average Bonchev–Trinajstić information content (AvgIpc) is 2.37. The van der Waals surface area contributed by atoms with Gasteiger partial charge in [0.2, 0.25) is 0 Å². The lowest BCUT2D eigenvalue weighted by molar-refractivity contribution is 0.0692. The van der Waals surface area contributed by atoms with Gasteiger partial charge in [0.1, 0.15) is 0 Å². The van der Waals surface area contributed by atoms with Crippen LogP contribution in [-0.2, 0) is 15.6 Å². The van der Waals surface area contributed by atoms with Crippen LogP contribution in [0.1, 0.15) is 21.7 Å². The van der Waals surface area contributed by atoms with Crippen LogP contribution in [0.4, 0.5) is 0 Å². The summed E-state index contributed by atoms with van der Waals surface area (Å²) < 4.78 is 25.4. The molecule has 0 aliphatic carbocycles. The van der Waals surface area contributed by atoms with E-state index in [-0.39, 0.29) is 16.2 Å². The van der Waals surface area contributed by atoms with Gasteiger partial charge in [-0.1, -0.05) is 22.0 Å². The van der Waals surface area contributed by atoms with E-state index in [0.717, 1.165) is 0 Å². The molecule has 1 aromatic carbocycles. The highest BCUT2D eigenvalue weighted by Crippen LogP contribution is 2.24. The molecule has 2 rings (SSSR count). The second-order valence-electron chi connectivity index (χ2n) is 4.48. The molecule has 1 N–H and O–H groups in total. The molecule has 0 atom stereocenters. The van der Waals surface area contributed by atoms with E-state index in [9.17, 15) is 13.2 Å². The van der Waals surface area contributed by atoms with Gasteiger partial charge in [-0.3, -0.25) is 4.98 Å². The molecule has 7 heteroatoms. The molecular formula is C14H12BrNO4S. The van der Waals surface area contributed by atoms with E-state index in [1.807, 2.05) is 0 Å². The quantitative estimate of drug-likeness (QED) is 0.895. The lowest BCUT2D eigenvalue weighted by Gasteiger charge is -2.08. The van der Waals surface area contributed by atoms with Gasteiger partial charge in [0.15, 0.2) is 9.84 Å². The smallest absolute Gasteiger partial charge is 0.337 e. The Balaban J connectivity index is 2.49. The van der Waals surface area contributed by atoms with Crippen LogP contribution < -0.4 is 0 Å². The summed E-state index contributed by atoms with van der Waals surface area (Å²) in [6.45, 7) is 1.76. The summed E-state index contributed by atoms with van der Waals surface area (Å²) in [7, 11) is -3.80. The van der Waals surface area contributed by atoms with Crippen molar-refractivity contribution in [3.05, 3.63) is 57.8 Å². The number of aromatic carboxylic acids is 1. The summed E-state index contributed by atoms with van der Waals surface area (Å²) >= 11 is 3.16. The summed E-state index contributed by atoms with van der Waals surface area (Å²) in [6.07, 6.45) is 0. The SMILES string of the molecule is Cc1cccc(CS(=O)(=O)c2cc(Br)ccc2C(=O)O)n1. The molecule has 0 aliphatic heterocycles. The van der Waals surface area contributed by atoms with E-state index in [4.69, 9.17) is 5.11 Å². The molecule has 0 unspecified atom stereocenters. The Morgan fingerprint density at radius 1 is 1.29 bits per heavy atom. The third kappa shape index (κ3) is 3.68. The van der Waals surface area contributed by atoms with Crippen LogP contribution in [0.3, 0.4) is 0 Å². The Kier molecular flexibility index (Phi) is 4.43. The third-order valence-corrected chi connectivity index (χ3v) is 4.97. The number of carboxylic acids is 1. The van der Waals surface area contributed by atoms with Crippen LogP contribution in [0.25, 0.3) is 0 Å². The van der Waals surface area contributed by atoms with Crippen molar-refractivity contribution in [2.45, 2.75) is 17.6 Å². The summed E-state index contributed by atoms with van der Waals surface area (Å²) in [5, 5.41) is 9.13. The topological polar surface area (TPSA) is 84.3 Å². The van der Waals surface area contributed by atoms with Gasteiger partial charge in [-0.15, -0.1) is 0 Å². The number of carboxylic acid groups (broad SMARTS) is 1. The van der Waals surface area contributed by atoms with Gasteiger partial charge in [0.05, 0.1) is 21.9 Å². The highest BCUT2D eigenvalue weighted by Gasteiger charge is 2.23. The number of sulfone groups is 1. The largest absolute Gasteiger partial charge is 0.478 e. The minimum Gasteiger partial charge on any atom is -0.478 e. The third-order valence-electron chi connectivity index (χ3n) is 2.79. The Bertz CT molecular complexity index is 802. The zero-order valence-corrected chi connectivity index (χ0v) is 13.5. The van der Waals surface area contributed by atoms with Crippen molar-refractivity contribution in [3.8, 4) is 0 Å². The second-order valence-corrected chi connectivity index (χ2v) is 7.35. The fourth-order valence-electron chi connectivity index (χ4n) is 1.88. The summed E-state index contributed by atoms with van der Waals surface area (Å²) in [4.78, 5) is 15.1. The lowest BCUT2D eigenvalue weighted by Crippen LogP contribution is -2.12. The van der Waals surface area contributed by atoms with Gasteiger partial charge in [-0.2, -0.15) is 0 Å². The predicted molar refractivity (Wildman–Crippen MR) is 81.0 cm³/mol. The number of carbonyl (C=O) groups is 1. The van der Waals surface area contributed by atoms with Gasteiger partial charge < -0.3 is 5.11 Å². The molecule has 1 heterocycles. The predicted octanol–water partition coefficient (Wildman–Crippen LogP) is 2.82. The zero-order valence-electron chi connectivity index (χ0n) is 11.1. The van der Waals surface area contributed by atoms with E-state index in [1.165, 1.54) is 18.2 Å². The van der Waals surface area contributed by atoms with E-state index >= 15 is 0 Å². The summed E-state index contributed by atoms with van der Waals surface area (Å²) in [5.41, 5.74) is 0.840. The van der Waals surface area contributed by atoms with Crippen molar-refractivity contribution in [2.24, 2.45) is 0 Å². The van der Waals surface area contributed by atoms with Crippen LogP contribution in [0.5, 0.6) is 0 Å². The molecule has 0 aliphatic rings. The Morgan fingerprint density at radius 3 is 2.62 bits per heavy atom. The molecule has 0 bridgehead atoms. The number of hydrogen-bond acceptors (Lipinski definition) is 4. The first-order valence-corrected chi connectivity index (χ1v) is 8.42. The first kappa shape index (κ1) is 15.7. The maximum absolute atomic E-state index is 12.5. The van der Waals surface area contributed by atoms with E-state index in [1.54, 1.807) is 25.1 Å². The normalized spacial score (nSPS) is 11.3. The number of aromatic nitrogens is 1. The molecule has 2 aromatic rings. The van der Waals surface area contributed by atoms with Crippen molar-refractivity contribution in [2.75, 3.05) is 0 Å². The lowest BCUT2D eigenvalue weighted by atomic mass is 10.2. The number of aryl methyl sites for hydroxylation is 1. The van der Waals surface area contributed by atoms with Crippen LogP contribution in [0, 0.1) is 6.92 Å². The summed E-state index contributed by atoms with van der Waals surface area (Å²) in [5.74, 6) is -1.62. The van der Waals surface area contributed by atoms with E-state index < -0.39 is 15.8 Å². The second kappa shape index (κ2) is 5.95. The molecular weight excluding hydrogens is 358 g/mol. The fraction of sp³-hybridized carbons (Fsp3) is 0.143. The molecule has 110 valence electrons. The van der Waals surface area contributed by atoms with Crippen molar-refractivity contribution in [1.82, 2.24) is 4.98 Å². The monoisotopic (exact) mass is 369 g/mol. The van der Waals surface area contributed by atoms with Crippen molar-refractivity contribution >= 4 is 31.7 Å². The van der Waals surface area contributed by atoms with Gasteiger partial charge in [-0.05, 0) is 37.3 Å². The summed E-state index contributed by atoms with van der Waals surface area (Å²) in [6, 6.07) is 9.14. The molecule has 5 nitrogen and oxygen atoms in total. The van der Waals surface area contributed by atoms with Crippen molar-refractivity contribution in [3.63, 3.8) is 0 Å². The fourth-order valence-corrected chi connectivity index (χ4v) is 3.90. The Labute approximate surface area is 130 Å². The molecule has 21 heavy (non-hydrogen) atoms. The van der Waals surface area contributed by atoms with E-state index in [0.29, 0.717) is 15.9 Å². The number of halogens is 1. The Hall–Kier alpha value is -1.73. The van der Waals surface area contributed by atoms with E-state index in [2.05, 4.69) is 20.9 Å².